The van der Waals surface area contributed by atoms with Crippen LogP contribution in [0.25, 0.3) is 0 Å². The lowest BCUT2D eigenvalue weighted by Crippen LogP contribution is -2.39. The summed E-state index contributed by atoms with van der Waals surface area (Å²) in [7, 11) is 0. The Kier molecular flexibility index (Phi) is 4.38. The van der Waals surface area contributed by atoms with Crippen molar-refractivity contribution in [2.75, 3.05) is 13.1 Å². The van der Waals surface area contributed by atoms with E-state index in [0.717, 1.165) is 23.8 Å². The van der Waals surface area contributed by atoms with E-state index in [1.807, 2.05) is 0 Å². The third kappa shape index (κ3) is 3.72. The lowest BCUT2D eigenvalue weighted by molar-refractivity contribution is -0.141. The summed E-state index contributed by atoms with van der Waals surface area (Å²) in [5.41, 5.74) is 1.19. The second kappa shape index (κ2) is 6.31. The van der Waals surface area contributed by atoms with Gasteiger partial charge < -0.3 is 4.90 Å². The first-order valence-electron chi connectivity index (χ1n) is 7.21. The lowest BCUT2D eigenvalue weighted by Gasteiger charge is -2.32. The fourth-order valence-corrected chi connectivity index (χ4v) is 3.32. The number of likely N-dealkylation sites (tertiary alicyclic amines) is 1. The molecule has 0 aromatic carbocycles. The van der Waals surface area contributed by atoms with E-state index in [4.69, 9.17) is 0 Å². The number of piperidine rings is 1. The summed E-state index contributed by atoms with van der Waals surface area (Å²) in [6.45, 7) is 1.05. The highest BCUT2D eigenvalue weighted by Crippen LogP contribution is 2.32. The van der Waals surface area contributed by atoms with Gasteiger partial charge in [0, 0.05) is 35.8 Å². The first kappa shape index (κ1) is 16.0. The molecule has 0 bridgehead atoms. The van der Waals surface area contributed by atoms with Gasteiger partial charge in [-0.3, -0.25) is 14.9 Å². The van der Waals surface area contributed by atoms with Crippen LogP contribution in [0, 0.1) is 0 Å². The van der Waals surface area contributed by atoms with E-state index in [9.17, 15) is 18.0 Å². The third-order valence-electron chi connectivity index (χ3n) is 3.91. The summed E-state index contributed by atoms with van der Waals surface area (Å²) >= 11 is 1.42. The number of carbonyl (C=O) groups is 1. The fourth-order valence-electron chi connectivity index (χ4n) is 2.74. The van der Waals surface area contributed by atoms with Crippen LogP contribution in [-0.2, 0) is 17.4 Å². The summed E-state index contributed by atoms with van der Waals surface area (Å²) < 4.78 is 37.9. The third-order valence-corrected chi connectivity index (χ3v) is 4.69. The van der Waals surface area contributed by atoms with Gasteiger partial charge in [-0.2, -0.15) is 18.3 Å². The number of H-pyrrole nitrogens is 1. The molecule has 1 unspecified atom stereocenters. The predicted molar refractivity (Wildman–Crippen MR) is 78.0 cm³/mol. The molecule has 3 rings (SSSR count). The summed E-state index contributed by atoms with van der Waals surface area (Å²) in [4.78, 5) is 18.8. The van der Waals surface area contributed by atoms with Crippen molar-refractivity contribution in [2.24, 2.45) is 0 Å². The highest BCUT2D eigenvalue weighted by molar-refractivity contribution is 7.09. The molecule has 23 heavy (non-hydrogen) atoms. The lowest BCUT2D eigenvalue weighted by atomic mass is 9.94. The number of hydrogen-bond acceptors (Lipinski definition) is 4. The largest absolute Gasteiger partial charge is 0.435 e. The van der Waals surface area contributed by atoms with Gasteiger partial charge in [0.2, 0.25) is 5.91 Å². The standard InChI is InChI=1S/C14H15F3N4OS/c15-14(16,17)12-5-11(19-20-12)9-2-1-3-21(7-9)13(22)4-10-6-18-8-23-10/h5-6,8-9H,1-4,7H2,(H,19,20). The Bertz CT molecular complexity index is 668. The average molecular weight is 344 g/mol. The van der Waals surface area contributed by atoms with E-state index < -0.39 is 11.9 Å². The molecular weight excluding hydrogens is 329 g/mol. The van der Waals surface area contributed by atoms with Crippen molar-refractivity contribution in [1.29, 1.82) is 0 Å². The van der Waals surface area contributed by atoms with Gasteiger partial charge in [-0.1, -0.05) is 0 Å². The molecule has 2 aromatic heterocycles. The number of rotatable bonds is 3. The minimum Gasteiger partial charge on any atom is -0.342 e. The molecule has 1 aliphatic heterocycles. The zero-order valence-corrected chi connectivity index (χ0v) is 13.0. The topological polar surface area (TPSA) is 61.9 Å². The summed E-state index contributed by atoms with van der Waals surface area (Å²) in [6, 6.07) is 1.04. The molecule has 1 N–H and O–H groups in total. The normalized spacial score (nSPS) is 19.1. The monoisotopic (exact) mass is 344 g/mol. The maximum Gasteiger partial charge on any atom is 0.435 e. The Labute approximate surface area is 134 Å². The minimum absolute atomic E-state index is 0.0190. The molecule has 0 saturated carbocycles. The number of aromatic nitrogens is 3. The number of aromatic amines is 1. The minimum atomic E-state index is -4.45. The van der Waals surface area contributed by atoms with Crippen LogP contribution in [0.2, 0.25) is 0 Å². The SMILES string of the molecule is O=C(Cc1cncs1)N1CCCC(c2cc(C(F)(F)F)n[nH]2)C1. The van der Waals surface area contributed by atoms with Gasteiger partial charge in [0.25, 0.3) is 0 Å². The van der Waals surface area contributed by atoms with Gasteiger partial charge in [0.05, 0.1) is 11.9 Å². The second-order valence-corrected chi connectivity index (χ2v) is 6.50. The van der Waals surface area contributed by atoms with Crippen molar-refractivity contribution in [1.82, 2.24) is 20.1 Å². The Morgan fingerprint density at radius 2 is 2.30 bits per heavy atom. The predicted octanol–water partition coefficient (Wildman–Crippen LogP) is 2.83. The molecule has 0 spiro atoms. The van der Waals surface area contributed by atoms with Crippen LogP contribution in [0.3, 0.4) is 0 Å². The van der Waals surface area contributed by atoms with Crippen molar-refractivity contribution in [2.45, 2.75) is 31.4 Å². The zero-order chi connectivity index (χ0) is 16.4. The van der Waals surface area contributed by atoms with Gasteiger partial charge >= 0.3 is 6.18 Å². The van der Waals surface area contributed by atoms with Crippen LogP contribution in [0.4, 0.5) is 13.2 Å². The van der Waals surface area contributed by atoms with E-state index in [0.29, 0.717) is 18.8 Å². The quantitative estimate of drug-likeness (QED) is 0.931. The highest BCUT2D eigenvalue weighted by Gasteiger charge is 2.35. The van der Waals surface area contributed by atoms with Crippen molar-refractivity contribution >= 4 is 17.2 Å². The number of carbonyl (C=O) groups excluding carboxylic acids is 1. The van der Waals surface area contributed by atoms with E-state index in [1.165, 1.54) is 11.3 Å². The Hall–Kier alpha value is -1.90. The van der Waals surface area contributed by atoms with Crippen molar-refractivity contribution in [3.05, 3.63) is 34.0 Å². The van der Waals surface area contributed by atoms with Gasteiger partial charge in [0.1, 0.15) is 0 Å². The van der Waals surface area contributed by atoms with Gasteiger partial charge in [0.15, 0.2) is 5.69 Å². The Balaban J connectivity index is 1.66. The molecular formula is C14H15F3N4OS. The van der Waals surface area contributed by atoms with Crippen molar-refractivity contribution < 1.29 is 18.0 Å². The van der Waals surface area contributed by atoms with Crippen LogP contribution in [-0.4, -0.2) is 39.1 Å². The van der Waals surface area contributed by atoms with Crippen LogP contribution in [0.15, 0.2) is 17.8 Å². The first-order chi connectivity index (χ1) is 10.9. The van der Waals surface area contributed by atoms with Gasteiger partial charge in [-0.25, -0.2) is 0 Å². The van der Waals surface area contributed by atoms with E-state index in [-0.39, 0.29) is 18.2 Å². The van der Waals surface area contributed by atoms with Crippen LogP contribution >= 0.6 is 11.3 Å². The number of hydrogen-bond donors (Lipinski definition) is 1. The summed E-state index contributed by atoms with van der Waals surface area (Å²) in [5.74, 6) is -0.160. The molecule has 1 atom stereocenters. The number of nitrogens with zero attached hydrogens (tertiary/aromatic N) is 3. The number of thiazole rings is 1. The van der Waals surface area contributed by atoms with Gasteiger partial charge in [-0.15, -0.1) is 11.3 Å². The molecule has 1 aliphatic rings. The number of halogens is 3. The molecule has 5 nitrogen and oxygen atoms in total. The maximum absolute atomic E-state index is 12.6. The smallest absolute Gasteiger partial charge is 0.342 e. The van der Waals surface area contributed by atoms with Crippen molar-refractivity contribution in [3.63, 3.8) is 0 Å². The molecule has 3 heterocycles. The van der Waals surface area contributed by atoms with E-state index in [1.54, 1.807) is 16.6 Å². The van der Waals surface area contributed by atoms with Crippen LogP contribution < -0.4 is 0 Å². The molecule has 9 heteroatoms. The van der Waals surface area contributed by atoms with Gasteiger partial charge in [-0.05, 0) is 18.9 Å². The van der Waals surface area contributed by atoms with E-state index >= 15 is 0 Å². The van der Waals surface area contributed by atoms with Crippen LogP contribution in [0.5, 0.6) is 0 Å². The molecule has 2 aromatic rings. The maximum atomic E-state index is 12.6. The molecule has 1 fully saturated rings. The summed E-state index contributed by atoms with van der Waals surface area (Å²) in [5, 5.41) is 5.80. The summed E-state index contributed by atoms with van der Waals surface area (Å²) in [6.07, 6.45) is -1.00. The Morgan fingerprint density at radius 1 is 1.48 bits per heavy atom. The van der Waals surface area contributed by atoms with Crippen LogP contribution in [0.1, 0.15) is 35.0 Å². The number of alkyl halides is 3. The molecule has 1 saturated heterocycles. The second-order valence-electron chi connectivity index (χ2n) is 5.53. The molecule has 0 aliphatic carbocycles. The van der Waals surface area contributed by atoms with E-state index in [2.05, 4.69) is 15.2 Å². The molecule has 1 amide bonds. The first-order valence-corrected chi connectivity index (χ1v) is 8.09. The molecule has 0 radical (unpaired) electrons. The van der Waals surface area contributed by atoms with Crippen molar-refractivity contribution in [3.8, 4) is 0 Å². The average Bonchev–Trinajstić information content (AvgIpc) is 3.18. The molecule has 124 valence electrons. The fraction of sp³-hybridized carbons (Fsp3) is 0.500. The number of amides is 1. The Morgan fingerprint density at radius 3 is 2.96 bits per heavy atom. The number of nitrogens with one attached hydrogen (secondary N) is 1. The highest BCUT2D eigenvalue weighted by atomic mass is 32.1. The zero-order valence-electron chi connectivity index (χ0n) is 12.1.